The quantitative estimate of drug-likeness (QED) is 0.737. The highest BCUT2D eigenvalue weighted by atomic mass is 16.5. The molecule has 4 heterocycles. The van der Waals surface area contributed by atoms with Crippen molar-refractivity contribution in [2.75, 3.05) is 45.9 Å². The predicted molar refractivity (Wildman–Crippen MR) is 94.2 cm³/mol. The van der Waals surface area contributed by atoms with Gasteiger partial charge in [-0.3, -0.25) is 14.4 Å². The number of rotatable bonds is 3. The molecule has 1 atom stereocenters. The zero-order chi connectivity index (χ0) is 18.1. The molecule has 0 bridgehead atoms. The van der Waals surface area contributed by atoms with Crippen LogP contribution in [0.4, 0.5) is 0 Å². The number of likely N-dealkylation sites (tertiary alicyclic amines) is 3. The first kappa shape index (κ1) is 17.8. The monoisotopic (exact) mass is 363 g/mol. The van der Waals surface area contributed by atoms with Crippen LogP contribution >= 0.6 is 0 Å². The van der Waals surface area contributed by atoms with Gasteiger partial charge in [0, 0.05) is 51.9 Å². The third kappa shape index (κ3) is 3.21. The van der Waals surface area contributed by atoms with Gasteiger partial charge in [-0.2, -0.15) is 0 Å². The first-order valence-electron chi connectivity index (χ1n) is 10.0. The summed E-state index contributed by atoms with van der Waals surface area (Å²) in [5.41, 5.74) is -0.402. The second-order valence-electron chi connectivity index (χ2n) is 8.21. The van der Waals surface area contributed by atoms with Crippen LogP contribution in [0.5, 0.6) is 0 Å². The fraction of sp³-hybridized carbons (Fsp3) is 0.842. The highest BCUT2D eigenvalue weighted by Crippen LogP contribution is 2.41. The van der Waals surface area contributed by atoms with E-state index >= 15 is 0 Å². The van der Waals surface area contributed by atoms with E-state index in [4.69, 9.17) is 4.74 Å². The Morgan fingerprint density at radius 2 is 1.88 bits per heavy atom. The summed E-state index contributed by atoms with van der Waals surface area (Å²) in [5.74, 6) is 0.308. The number of hydrogen-bond acceptors (Lipinski definition) is 4. The van der Waals surface area contributed by atoms with E-state index in [1.54, 1.807) is 4.90 Å². The molecule has 4 aliphatic heterocycles. The Morgan fingerprint density at radius 1 is 1.08 bits per heavy atom. The van der Waals surface area contributed by atoms with Crippen molar-refractivity contribution >= 4 is 17.7 Å². The SMILES string of the molecule is O=C1CCCN1CC(=O)N1CCC2(CCCN(C3CCOCC3)C2=O)C1. The van der Waals surface area contributed by atoms with Gasteiger partial charge in [-0.25, -0.2) is 0 Å². The lowest BCUT2D eigenvalue weighted by molar-refractivity contribution is -0.151. The van der Waals surface area contributed by atoms with Gasteiger partial charge < -0.3 is 19.4 Å². The lowest BCUT2D eigenvalue weighted by atomic mass is 9.77. The summed E-state index contributed by atoms with van der Waals surface area (Å²) < 4.78 is 5.44. The third-order valence-corrected chi connectivity index (χ3v) is 6.60. The Kier molecular flexibility index (Phi) is 4.90. The number of carbonyl (C=O) groups is 3. The van der Waals surface area contributed by atoms with E-state index in [0.29, 0.717) is 32.1 Å². The molecule has 0 N–H and O–H groups in total. The zero-order valence-corrected chi connectivity index (χ0v) is 15.5. The Morgan fingerprint density at radius 3 is 2.62 bits per heavy atom. The minimum absolute atomic E-state index is 0.00638. The van der Waals surface area contributed by atoms with Crippen LogP contribution in [0, 0.1) is 5.41 Å². The maximum absolute atomic E-state index is 13.3. The largest absolute Gasteiger partial charge is 0.381 e. The molecule has 4 fully saturated rings. The van der Waals surface area contributed by atoms with E-state index in [2.05, 4.69) is 4.90 Å². The summed E-state index contributed by atoms with van der Waals surface area (Å²) in [6, 6.07) is 0.292. The van der Waals surface area contributed by atoms with Gasteiger partial charge in [-0.15, -0.1) is 0 Å². The molecule has 3 amide bonds. The number of ether oxygens (including phenoxy) is 1. The Labute approximate surface area is 154 Å². The van der Waals surface area contributed by atoms with Crippen LogP contribution in [0.2, 0.25) is 0 Å². The van der Waals surface area contributed by atoms with E-state index in [1.807, 2.05) is 4.90 Å². The van der Waals surface area contributed by atoms with Gasteiger partial charge in [0.1, 0.15) is 0 Å². The van der Waals surface area contributed by atoms with Crippen molar-refractivity contribution in [2.24, 2.45) is 5.41 Å². The fourth-order valence-corrected chi connectivity index (χ4v) is 5.04. The number of hydrogen-bond donors (Lipinski definition) is 0. The molecule has 0 aromatic carbocycles. The molecule has 1 spiro atoms. The average Bonchev–Trinajstić information content (AvgIpc) is 3.26. The van der Waals surface area contributed by atoms with Crippen LogP contribution in [0.15, 0.2) is 0 Å². The summed E-state index contributed by atoms with van der Waals surface area (Å²) in [5, 5.41) is 0. The first-order chi connectivity index (χ1) is 12.6. The smallest absolute Gasteiger partial charge is 0.242 e. The lowest BCUT2D eigenvalue weighted by Crippen LogP contribution is -2.55. The molecule has 0 aliphatic carbocycles. The molecule has 4 aliphatic rings. The highest BCUT2D eigenvalue weighted by molar-refractivity contribution is 5.88. The maximum atomic E-state index is 13.3. The van der Waals surface area contributed by atoms with Gasteiger partial charge in [0.2, 0.25) is 17.7 Å². The van der Waals surface area contributed by atoms with Gasteiger partial charge >= 0.3 is 0 Å². The van der Waals surface area contributed by atoms with Gasteiger partial charge in [0.05, 0.1) is 12.0 Å². The molecule has 0 aromatic rings. The van der Waals surface area contributed by atoms with Crippen LogP contribution in [0.25, 0.3) is 0 Å². The second kappa shape index (κ2) is 7.18. The zero-order valence-electron chi connectivity index (χ0n) is 15.5. The third-order valence-electron chi connectivity index (χ3n) is 6.60. The van der Waals surface area contributed by atoms with Crippen molar-refractivity contribution in [3.8, 4) is 0 Å². The number of nitrogens with zero attached hydrogens (tertiary/aromatic N) is 3. The van der Waals surface area contributed by atoms with E-state index < -0.39 is 5.41 Å². The molecular weight excluding hydrogens is 334 g/mol. The van der Waals surface area contributed by atoms with Crippen LogP contribution in [0.3, 0.4) is 0 Å². The Balaban J connectivity index is 1.40. The van der Waals surface area contributed by atoms with Crippen LogP contribution in [-0.2, 0) is 19.1 Å². The molecule has 4 rings (SSSR count). The molecule has 4 saturated heterocycles. The molecular formula is C19H29N3O4. The lowest BCUT2D eigenvalue weighted by Gasteiger charge is -2.44. The molecule has 1 unspecified atom stereocenters. The summed E-state index contributed by atoms with van der Waals surface area (Å²) in [6.45, 7) is 4.31. The number of piperidine rings is 1. The van der Waals surface area contributed by atoms with E-state index in [0.717, 1.165) is 58.3 Å². The minimum Gasteiger partial charge on any atom is -0.381 e. The van der Waals surface area contributed by atoms with Crippen molar-refractivity contribution in [1.82, 2.24) is 14.7 Å². The van der Waals surface area contributed by atoms with E-state index in [1.165, 1.54) is 0 Å². The summed E-state index contributed by atoms with van der Waals surface area (Å²) in [7, 11) is 0. The average molecular weight is 363 g/mol. The van der Waals surface area contributed by atoms with Crippen LogP contribution in [-0.4, -0.2) is 84.4 Å². The normalized spacial score (nSPS) is 30.7. The van der Waals surface area contributed by atoms with Gasteiger partial charge in [-0.05, 0) is 38.5 Å². The van der Waals surface area contributed by atoms with Crippen molar-refractivity contribution in [2.45, 2.75) is 51.0 Å². The van der Waals surface area contributed by atoms with Crippen molar-refractivity contribution in [3.05, 3.63) is 0 Å². The number of amides is 3. The van der Waals surface area contributed by atoms with Crippen molar-refractivity contribution < 1.29 is 19.1 Å². The second-order valence-corrected chi connectivity index (χ2v) is 8.21. The first-order valence-corrected chi connectivity index (χ1v) is 10.0. The fourth-order valence-electron chi connectivity index (χ4n) is 5.04. The van der Waals surface area contributed by atoms with E-state index in [9.17, 15) is 14.4 Å². The molecule has 26 heavy (non-hydrogen) atoms. The summed E-state index contributed by atoms with van der Waals surface area (Å²) >= 11 is 0. The maximum Gasteiger partial charge on any atom is 0.242 e. The molecule has 0 saturated carbocycles. The molecule has 144 valence electrons. The molecule has 0 radical (unpaired) electrons. The van der Waals surface area contributed by atoms with Gasteiger partial charge in [0.15, 0.2) is 0 Å². The van der Waals surface area contributed by atoms with Crippen LogP contribution < -0.4 is 0 Å². The molecule has 7 heteroatoms. The van der Waals surface area contributed by atoms with E-state index in [-0.39, 0.29) is 24.3 Å². The van der Waals surface area contributed by atoms with Crippen molar-refractivity contribution in [3.63, 3.8) is 0 Å². The van der Waals surface area contributed by atoms with Gasteiger partial charge in [0.25, 0.3) is 0 Å². The Bertz CT molecular complexity index is 589. The molecule has 7 nitrogen and oxygen atoms in total. The summed E-state index contributed by atoms with van der Waals surface area (Å²) in [4.78, 5) is 43.3. The molecule has 0 aromatic heterocycles. The number of carbonyl (C=O) groups excluding carboxylic acids is 3. The topological polar surface area (TPSA) is 70.2 Å². The summed E-state index contributed by atoms with van der Waals surface area (Å²) in [6.07, 6.45) is 5.87. The van der Waals surface area contributed by atoms with Crippen LogP contribution in [0.1, 0.15) is 44.9 Å². The standard InChI is InChI=1S/C19H29N3O4/c23-16-3-1-8-20(16)13-17(24)21-10-7-19(14-21)6-2-9-22(18(19)25)15-4-11-26-12-5-15/h15H,1-14H2. The highest BCUT2D eigenvalue weighted by Gasteiger charge is 2.50. The van der Waals surface area contributed by atoms with Crippen molar-refractivity contribution in [1.29, 1.82) is 0 Å². The Hall–Kier alpha value is -1.63. The minimum atomic E-state index is -0.402. The van der Waals surface area contributed by atoms with Gasteiger partial charge in [-0.1, -0.05) is 0 Å². The predicted octanol–water partition coefficient (Wildman–Crippen LogP) is 0.629.